The molecule has 4 nitrogen and oxygen atoms in total. The number of aromatic nitrogens is 1. The summed E-state index contributed by atoms with van der Waals surface area (Å²) in [5.41, 5.74) is 2.93. The average Bonchev–Trinajstić information content (AvgIpc) is 2.43. The molecule has 1 N–H and O–H groups in total. The largest absolute Gasteiger partial charge is 0.496 e. The highest BCUT2D eigenvalue weighted by Gasteiger charge is 2.09. The zero-order valence-corrected chi connectivity index (χ0v) is 12.3. The molecule has 5 heteroatoms. The summed E-state index contributed by atoms with van der Waals surface area (Å²) in [6.45, 7) is 3.76. The number of nitrogens with zero attached hydrogens (tertiary/aromatic N) is 1. The summed E-state index contributed by atoms with van der Waals surface area (Å²) in [5.74, 6) is 0.467. The van der Waals surface area contributed by atoms with Crippen molar-refractivity contribution in [2.24, 2.45) is 0 Å². The van der Waals surface area contributed by atoms with Crippen LogP contribution in [-0.4, -0.2) is 18.0 Å². The maximum Gasteiger partial charge on any atom is 0.255 e. The second-order valence-corrected chi connectivity index (χ2v) is 4.83. The van der Waals surface area contributed by atoms with E-state index in [2.05, 4.69) is 10.3 Å². The molecule has 0 aliphatic heterocycles. The quantitative estimate of drug-likeness (QED) is 0.879. The Morgan fingerprint density at radius 3 is 2.65 bits per heavy atom. The molecule has 0 saturated heterocycles. The van der Waals surface area contributed by atoms with E-state index < -0.39 is 0 Å². The number of methoxy groups -OCH3 is 1. The molecule has 0 radical (unpaired) electrons. The van der Waals surface area contributed by atoms with Gasteiger partial charge in [-0.25, -0.2) is 4.98 Å². The first kappa shape index (κ1) is 14.3. The van der Waals surface area contributed by atoms with Crippen molar-refractivity contribution < 1.29 is 9.53 Å². The van der Waals surface area contributed by atoms with Gasteiger partial charge in [-0.1, -0.05) is 17.7 Å². The van der Waals surface area contributed by atoms with Crippen molar-refractivity contribution in [2.45, 2.75) is 13.8 Å². The lowest BCUT2D eigenvalue weighted by Gasteiger charge is -2.09. The first-order chi connectivity index (χ1) is 9.51. The highest BCUT2D eigenvalue weighted by Crippen LogP contribution is 2.21. The van der Waals surface area contributed by atoms with E-state index in [-0.39, 0.29) is 5.91 Å². The van der Waals surface area contributed by atoms with Crippen molar-refractivity contribution in [1.82, 2.24) is 4.98 Å². The lowest BCUT2D eigenvalue weighted by atomic mass is 10.1. The predicted molar refractivity (Wildman–Crippen MR) is 79.7 cm³/mol. The van der Waals surface area contributed by atoms with Crippen LogP contribution in [0.4, 0.5) is 5.69 Å². The number of rotatable bonds is 3. The molecule has 2 aromatic rings. The van der Waals surface area contributed by atoms with Gasteiger partial charge in [0.1, 0.15) is 10.9 Å². The van der Waals surface area contributed by atoms with Crippen molar-refractivity contribution in [3.8, 4) is 5.75 Å². The van der Waals surface area contributed by atoms with Gasteiger partial charge in [-0.15, -0.1) is 0 Å². The number of hydrogen-bond donors (Lipinski definition) is 1. The number of hydrogen-bond acceptors (Lipinski definition) is 3. The number of amides is 1. The number of nitrogens with one attached hydrogen (secondary N) is 1. The first-order valence-corrected chi connectivity index (χ1v) is 6.47. The van der Waals surface area contributed by atoms with Crippen LogP contribution >= 0.6 is 11.6 Å². The molecule has 1 heterocycles. The molecule has 1 amide bonds. The SMILES string of the molecule is COc1cc(C(=O)Nc2cnc(Cl)c(C)c2)ccc1C. The Balaban J connectivity index is 2.21. The topological polar surface area (TPSA) is 51.2 Å². The standard InChI is InChI=1S/C15H15ClN2O2/c1-9-4-5-11(7-13(9)20-3)15(19)18-12-6-10(2)14(16)17-8-12/h4-8H,1-3H3,(H,18,19). The van der Waals surface area contributed by atoms with Gasteiger partial charge < -0.3 is 10.1 Å². The Morgan fingerprint density at radius 1 is 1.25 bits per heavy atom. The maximum atomic E-state index is 12.2. The number of aryl methyl sites for hydroxylation is 2. The molecule has 0 aliphatic rings. The minimum atomic E-state index is -0.216. The Kier molecular flexibility index (Phi) is 4.25. The van der Waals surface area contributed by atoms with Crippen molar-refractivity contribution >= 4 is 23.2 Å². The van der Waals surface area contributed by atoms with Gasteiger partial charge in [0, 0.05) is 5.56 Å². The zero-order chi connectivity index (χ0) is 14.7. The molecule has 0 fully saturated rings. The third-order valence-electron chi connectivity index (χ3n) is 2.94. The van der Waals surface area contributed by atoms with Crippen LogP contribution in [0, 0.1) is 13.8 Å². The van der Waals surface area contributed by atoms with Gasteiger partial charge in [-0.3, -0.25) is 4.79 Å². The minimum absolute atomic E-state index is 0.216. The molecule has 20 heavy (non-hydrogen) atoms. The van der Waals surface area contributed by atoms with Crippen LogP contribution in [0.3, 0.4) is 0 Å². The number of carbonyl (C=O) groups is 1. The minimum Gasteiger partial charge on any atom is -0.496 e. The lowest BCUT2D eigenvalue weighted by molar-refractivity contribution is 0.102. The summed E-state index contributed by atoms with van der Waals surface area (Å²) in [6.07, 6.45) is 1.53. The summed E-state index contributed by atoms with van der Waals surface area (Å²) >= 11 is 5.85. The Labute approximate surface area is 122 Å². The lowest BCUT2D eigenvalue weighted by Crippen LogP contribution is -2.12. The molecule has 0 aliphatic carbocycles. The van der Waals surface area contributed by atoms with Gasteiger partial charge in [0.2, 0.25) is 0 Å². The summed E-state index contributed by atoms with van der Waals surface area (Å²) < 4.78 is 5.21. The second-order valence-electron chi connectivity index (χ2n) is 4.47. The number of carbonyl (C=O) groups excluding carboxylic acids is 1. The molecule has 0 atom stereocenters. The number of pyridine rings is 1. The molecule has 2 rings (SSSR count). The zero-order valence-electron chi connectivity index (χ0n) is 11.5. The highest BCUT2D eigenvalue weighted by molar-refractivity contribution is 6.30. The third-order valence-corrected chi connectivity index (χ3v) is 3.34. The maximum absolute atomic E-state index is 12.2. The Morgan fingerprint density at radius 2 is 2.00 bits per heavy atom. The van der Waals surface area contributed by atoms with Crippen LogP contribution in [0.5, 0.6) is 5.75 Å². The number of halogens is 1. The van der Waals surface area contributed by atoms with E-state index in [9.17, 15) is 4.79 Å². The fourth-order valence-electron chi connectivity index (χ4n) is 1.79. The van der Waals surface area contributed by atoms with E-state index in [0.717, 1.165) is 11.1 Å². The smallest absolute Gasteiger partial charge is 0.255 e. The van der Waals surface area contributed by atoms with Crippen molar-refractivity contribution in [3.63, 3.8) is 0 Å². The molecular formula is C15H15ClN2O2. The van der Waals surface area contributed by atoms with E-state index in [1.807, 2.05) is 19.9 Å². The van der Waals surface area contributed by atoms with Crippen molar-refractivity contribution in [3.05, 3.63) is 52.3 Å². The van der Waals surface area contributed by atoms with Gasteiger partial charge >= 0.3 is 0 Å². The first-order valence-electron chi connectivity index (χ1n) is 6.09. The molecule has 0 saturated carbocycles. The molecule has 0 bridgehead atoms. The molecule has 1 aromatic heterocycles. The summed E-state index contributed by atoms with van der Waals surface area (Å²) in [4.78, 5) is 16.2. The van der Waals surface area contributed by atoms with E-state index in [1.165, 1.54) is 6.20 Å². The van der Waals surface area contributed by atoms with E-state index in [4.69, 9.17) is 16.3 Å². The number of ether oxygens (including phenoxy) is 1. The predicted octanol–water partition coefficient (Wildman–Crippen LogP) is 3.61. The van der Waals surface area contributed by atoms with Gasteiger partial charge in [0.25, 0.3) is 5.91 Å². The number of benzene rings is 1. The average molecular weight is 291 g/mol. The van der Waals surface area contributed by atoms with Gasteiger partial charge in [0.15, 0.2) is 0 Å². The Bertz CT molecular complexity index is 656. The van der Waals surface area contributed by atoms with Crippen molar-refractivity contribution in [1.29, 1.82) is 0 Å². The summed E-state index contributed by atoms with van der Waals surface area (Å²) in [7, 11) is 1.58. The summed E-state index contributed by atoms with van der Waals surface area (Å²) in [6, 6.07) is 7.09. The van der Waals surface area contributed by atoms with E-state index in [1.54, 1.807) is 25.3 Å². The summed E-state index contributed by atoms with van der Waals surface area (Å²) in [5, 5.41) is 3.21. The van der Waals surface area contributed by atoms with Crippen LogP contribution < -0.4 is 10.1 Å². The van der Waals surface area contributed by atoms with Crippen LogP contribution in [0.15, 0.2) is 30.5 Å². The molecular weight excluding hydrogens is 276 g/mol. The molecule has 104 valence electrons. The molecule has 0 unspecified atom stereocenters. The van der Waals surface area contributed by atoms with Gasteiger partial charge in [-0.05, 0) is 43.2 Å². The van der Waals surface area contributed by atoms with Gasteiger partial charge in [-0.2, -0.15) is 0 Å². The highest BCUT2D eigenvalue weighted by atomic mass is 35.5. The third kappa shape index (κ3) is 3.08. The van der Waals surface area contributed by atoms with Gasteiger partial charge in [0.05, 0.1) is 19.0 Å². The fourth-order valence-corrected chi connectivity index (χ4v) is 1.89. The monoisotopic (exact) mass is 290 g/mol. The van der Waals surface area contributed by atoms with Crippen LogP contribution in [-0.2, 0) is 0 Å². The van der Waals surface area contributed by atoms with Crippen LogP contribution in [0.1, 0.15) is 21.5 Å². The van der Waals surface area contributed by atoms with Crippen LogP contribution in [0.2, 0.25) is 5.15 Å². The number of anilines is 1. The Hall–Kier alpha value is -2.07. The second kappa shape index (κ2) is 5.92. The van der Waals surface area contributed by atoms with Crippen LogP contribution in [0.25, 0.3) is 0 Å². The van der Waals surface area contributed by atoms with E-state index in [0.29, 0.717) is 22.2 Å². The van der Waals surface area contributed by atoms with E-state index >= 15 is 0 Å². The molecule has 1 aromatic carbocycles. The normalized spacial score (nSPS) is 10.2. The fraction of sp³-hybridized carbons (Fsp3) is 0.200. The molecule has 0 spiro atoms. The van der Waals surface area contributed by atoms with Crippen molar-refractivity contribution in [2.75, 3.05) is 12.4 Å².